The van der Waals surface area contributed by atoms with Crippen LogP contribution in [-0.4, -0.2) is 25.5 Å². The summed E-state index contributed by atoms with van der Waals surface area (Å²) in [5.74, 6) is 1.45. The van der Waals surface area contributed by atoms with E-state index in [1.165, 1.54) is 11.3 Å². The van der Waals surface area contributed by atoms with Crippen molar-refractivity contribution in [1.82, 2.24) is 0 Å². The minimum atomic E-state index is 0.0482. The smallest absolute Gasteiger partial charge is 0.279 e. The van der Waals surface area contributed by atoms with Gasteiger partial charge in [-0.1, -0.05) is 31.5 Å². The number of quaternary nitrogens is 1. The van der Waals surface area contributed by atoms with Gasteiger partial charge in [-0.15, -0.1) is 0 Å². The summed E-state index contributed by atoms with van der Waals surface area (Å²) in [6, 6.07) is 5.70. The third-order valence-electron chi connectivity index (χ3n) is 3.89. The third kappa shape index (κ3) is 4.22. The normalized spacial score (nSPS) is 26.3. The largest absolute Gasteiger partial charge is 0.327 e. The van der Waals surface area contributed by atoms with E-state index in [0.717, 1.165) is 18.7 Å². The summed E-state index contributed by atoms with van der Waals surface area (Å²) >= 11 is 6.14. The van der Waals surface area contributed by atoms with Crippen LogP contribution in [0.3, 0.4) is 0 Å². The van der Waals surface area contributed by atoms with Crippen LogP contribution in [0.15, 0.2) is 18.2 Å². The second-order valence-corrected chi connectivity index (χ2v) is 6.72. The van der Waals surface area contributed by atoms with Gasteiger partial charge in [-0.05, 0) is 31.0 Å². The van der Waals surface area contributed by atoms with Gasteiger partial charge in [0.1, 0.15) is 0 Å². The van der Waals surface area contributed by atoms with Gasteiger partial charge in [-0.2, -0.15) is 0 Å². The highest BCUT2D eigenvalue weighted by Crippen LogP contribution is 2.22. The zero-order valence-electron chi connectivity index (χ0n) is 12.5. The number of amides is 1. The Bertz CT molecular complexity index is 479. The Labute approximate surface area is 126 Å². The van der Waals surface area contributed by atoms with Crippen molar-refractivity contribution >= 4 is 23.2 Å². The number of likely N-dealkylation sites (tertiary alicyclic amines) is 1. The van der Waals surface area contributed by atoms with E-state index in [4.69, 9.17) is 11.6 Å². The second kappa shape index (κ2) is 6.59. The van der Waals surface area contributed by atoms with Gasteiger partial charge in [0.25, 0.3) is 5.91 Å². The number of carbonyl (C=O) groups excluding carboxylic acids is 1. The molecule has 1 amide bonds. The molecular weight excluding hydrogens is 272 g/mol. The Kier molecular flexibility index (Phi) is 5.06. The molecule has 0 spiro atoms. The zero-order chi connectivity index (χ0) is 14.7. The predicted octanol–water partition coefficient (Wildman–Crippen LogP) is 2.15. The number of carbonyl (C=O) groups is 1. The van der Waals surface area contributed by atoms with Crippen molar-refractivity contribution in [1.29, 1.82) is 0 Å². The molecule has 1 aliphatic heterocycles. The number of hydrogen-bond acceptors (Lipinski definition) is 1. The lowest BCUT2D eigenvalue weighted by Crippen LogP contribution is -3.15. The van der Waals surface area contributed by atoms with E-state index < -0.39 is 0 Å². The fourth-order valence-corrected chi connectivity index (χ4v) is 3.49. The predicted molar refractivity (Wildman–Crippen MR) is 83.3 cm³/mol. The molecule has 1 aromatic carbocycles. The van der Waals surface area contributed by atoms with Gasteiger partial charge >= 0.3 is 0 Å². The molecule has 110 valence electrons. The Morgan fingerprint density at radius 3 is 2.60 bits per heavy atom. The summed E-state index contributed by atoms with van der Waals surface area (Å²) in [7, 11) is 0. The SMILES string of the molecule is Cc1ccc(NC(=O)C[NH+]2C[C@@H](C)C[C@H](C)C2)c(Cl)c1. The van der Waals surface area contributed by atoms with E-state index in [2.05, 4.69) is 19.2 Å². The molecule has 1 fully saturated rings. The second-order valence-electron chi connectivity index (χ2n) is 6.31. The molecule has 1 aromatic rings. The number of hydrogen-bond donors (Lipinski definition) is 2. The topological polar surface area (TPSA) is 33.5 Å². The number of aryl methyl sites for hydroxylation is 1. The fourth-order valence-electron chi connectivity index (χ4n) is 3.21. The lowest BCUT2D eigenvalue weighted by atomic mass is 9.92. The van der Waals surface area contributed by atoms with Crippen molar-refractivity contribution in [2.45, 2.75) is 27.2 Å². The first-order valence-electron chi connectivity index (χ1n) is 7.33. The van der Waals surface area contributed by atoms with Gasteiger partial charge in [0.05, 0.1) is 23.8 Å². The van der Waals surface area contributed by atoms with Crippen LogP contribution in [0.25, 0.3) is 0 Å². The molecule has 3 nitrogen and oxygen atoms in total. The van der Waals surface area contributed by atoms with Crippen molar-refractivity contribution in [2.75, 3.05) is 25.0 Å². The average molecular weight is 296 g/mol. The van der Waals surface area contributed by atoms with Crippen molar-refractivity contribution in [3.05, 3.63) is 28.8 Å². The molecule has 1 heterocycles. The van der Waals surface area contributed by atoms with Crippen LogP contribution in [0.5, 0.6) is 0 Å². The molecule has 4 heteroatoms. The molecule has 20 heavy (non-hydrogen) atoms. The van der Waals surface area contributed by atoms with Crippen LogP contribution in [0.1, 0.15) is 25.8 Å². The van der Waals surface area contributed by atoms with Crippen LogP contribution in [0.2, 0.25) is 5.02 Å². The number of anilines is 1. The van der Waals surface area contributed by atoms with E-state index >= 15 is 0 Å². The third-order valence-corrected chi connectivity index (χ3v) is 4.20. The fraction of sp³-hybridized carbons (Fsp3) is 0.562. The molecule has 0 aliphatic carbocycles. The molecule has 0 bridgehead atoms. The highest BCUT2D eigenvalue weighted by molar-refractivity contribution is 6.33. The molecule has 1 aliphatic rings. The summed E-state index contributed by atoms with van der Waals surface area (Å²) in [6.07, 6.45) is 1.27. The molecule has 0 saturated carbocycles. The molecule has 0 unspecified atom stereocenters. The Morgan fingerprint density at radius 1 is 1.35 bits per heavy atom. The number of benzene rings is 1. The van der Waals surface area contributed by atoms with Gasteiger partial charge in [0.2, 0.25) is 0 Å². The number of halogens is 1. The summed E-state index contributed by atoms with van der Waals surface area (Å²) in [5, 5.41) is 3.53. The first kappa shape index (κ1) is 15.3. The van der Waals surface area contributed by atoms with Crippen LogP contribution in [0, 0.1) is 18.8 Å². The minimum Gasteiger partial charge on any atom is -0.327 e. The number of rotatable bonds is 3. The molecule has 0 aromatic heterocycles. The average Bonchev–Trinajstić information content (AvgIpc) is 2.31. The Balaban J connectivity index is 1.92. The zero-order valence-corrected chi connectivity index (χ0v) is 13.3. The van der Waals surface area contributed by atoms with Gasteiger partial charge in [0, 0.05) is 11.8 Å². The van der Waals surface area contributed by atoms with Crippen molar-refractivity contribution < 1.29 is 9.69 Å². The highest BCUT2D eigenvalue weighted by atomic mass is 35.5. The van der Waals surface area contributed by atoms with E-state index in [-0.39, 0.29) is 5.91 Å². The lowest BCUT2D eigenvalue weighted by Gasteiger charge is -2.31. The van der Waals surface area contributed by atoms with Crippen molar-refractivity contribution in [3.8, 4) is 0 Å². The molecule has 2 rings (SSSR count). The quantitative estimate of drug-likeness (QED) is 0.880. The van der Waals surface area contributed by atoms with Gasteiger partial charge < -0.3 is 10.2 Å². The monoisotopic (exact) mass is 295 g/mol. The summed E-state index contributed by atoms with van der Waals surface area (Å²) in [6.45, 7) is 9.21. The van der Waals surface area contributed by atoms with Crippen LogP contribution < -0.4 is 10.2 Å². The molecule has 2 atom stereocenters. The maximum atomic E-state index is 12.1. The maximum Gasteiger partial charge on any atom is 0.279 e. The summed E-state index contributed by atoms with van der Waals surface area (Å²) < 4.78 is 0. The van der Waals surface area contributed by atoms with Crippen LogP contribution in [0.4, 0.5) is 5.69 Å². The van der Waals surface area contributed by atoms with Gasteiger partial charge in [0.15, 0.2) is 6.54 Å². The van der Waals surface area contributed by atoms with E-state index in [1.54, 1.807) is 0 Å². The van der Waals surface area contributed by atoms with E-state index in [0.29, 0.717) is 29.1 Å². The van der Waals surface area contributed by atoms with Crippen LogP contribution in [-0.2, 0) is 4.79 Å². The molecule has 1 saturated heterocycles. The highest BCUT2D eigenvalue weighted by Gasteiger charge is 2.26. The van der Waals surface area contributed by atoms with Gasteiger partial charge in [-0.25, -0.2) is 0 Å². The molecule has 2 N–H and O–H groups in total. The lowest BCUT2D eigenvalue weighted by molar-refractivity contribution is -0.904. The summed E-state index contributed by atoms with van der Waals surface area (Å²) in [4.78, 5) is 13.5. The van der Waals surface area contributed by atoms with Crippen molar-refractivity contribution in [2.24, 2.45) is 11.8 Å². The summed E-state index contributed by atoms with van der Waals surface area (Å²) in [5.41, 5.74) is 1.80. The first-order valence-corrected chi connectivity index (χ1v) is 7.71. The standard InChI is InChI=1S/C16H23ClN2O/c1-11-4-5-15(14(17)7-11)18-16(20)10-19-8-12(2)6-13(3)9-19/h4-5,7,12-13H,6,8-10H2,1-3H3,(H,18,20)/p+1/t12-,13-/m0/s1. The Morgan fingerprint density at radius 2 is 2.00 bits per heavy atom. The minimum absolute atomic E-state index is 0.0482. The number of piperidine rings is 1. The van der Waals surface area contributed by atoms with Crippen molar-refractivity contribution in [3.63, 3.8) is 0 Å². The molecule has 0 radical (unpaired) electrons. The van der Waals surface area contributed by atoms with E-state index in [1.807, 2.05) is 25.1 Å². The Hall–Kier alpha value is -1.06. The van der Waals surface area contributed by atoms with Gasteiger partial charge in [-0.3, -0.25) is 4.79 Å². The van der Waals surface area contributed by atoms with E-state index in [9.17, 15) is 4.79 Å². The first-order chi connectivity index (χ1) is 9.44. The number of nitrogens with one attached hydrogen (secondary N) is 2. The maximum absolute atomic E-state index is 12.1. The molecular formula is C16H24ClN2O+. The van der Waals surface area contributed by atoms with Crippen LogP contribution >= 0.6 is 11.6 Å².